The minimum Gasteiger partial charge on any atom is -0.352 e. The highest BCUT2D eigenvalue weighted by Gasteiger charge is 2.21. The first-order valence-electron chi connectivity index (χ1n) is 7.38. The third-order valence-electron chi connectivity index (χ3n) is 4.17. The Morgan fingerprint density at radius 3 is 3.05 bits per heavy atom. The van der Waals surface area contributed by atoms with E-state index < -0.39 is 6.03 Å². The van der Waals surface area contributed by atoms with Crippen LogP contribution in [0.5, 0.6) is 0 Å². The van der Waals surface area contributed by atoms with Gasteiger partial charge in [0.05, 0.1) is 6.20 Å². The van der Waals surface area contributed by atoms with E-state index in [1.54, 1.807) is 6.20 Å². The zero-order chi connectivity index (χ0) is 15.5. The van der Waals surface area contributed by atoms with Gasteiger partial charge in [-0.1, -0.05) is 18.2 Å². The molecule has 0 aliphatic heterocycles. The van der Waals surface area contributed by atoms with Crippen LogP contribution in [0, 0.1) is 11.7 Å². The van der Waals surface area contributed by atoms with Gasteiger partial charge >= 0.3 is 6.03 Å². The molecule has 1 aliphatic rings. The molecule has 3 N–H and O–H groups in total. The Hall–Kier alpha value is -2.43. The highest BCUT2D eigenvalue weighted by atomic mass is 19.1. The van der Waals surface area contributed by atoms with Crippen molar-refractivity contribution in [1.29, 1.82) is 0 Å². The Labute approximate surface area is 128 Å². The summed E-state index contributed by atoms with van der Waals surface area (Å²) < 4.78 is 13.4. The van der Waals surface area contributed by atoms with Crippen LogP contribution >= 0.6 is 0 Å². The summed E-state index contributed by atoms with van der Waals surface area (Å²) in [7, 11) is 0. The second-order valence-corrected chi connectivity index (χ2v) is 5.69. The van der Waals surface area contributed by atoms with Gasteiger partial charge < -0.3 is 11.1 Å². The molecule has 1 aromatic heterocycles. The number of pyridine rings is 1. The predicted octanol–water partition coefficient (Wildman–Crippen LogP) is 2.66. The van der Waals surface area contributed by atoms with E-state index in [1.165, 1.54) is 23.4 Å². The summed E-state index contributed by atoms with van der Waals surface area (Å²) in [4.78, 5) is 14.8. The maximum absolute atomic E-state index is 13.4. The van der Waals surface area contributed by atoms with Crippen molar-refractivity contribution < 1.29 is 9.18 Å². The molecule has 0 spiro atoms. The molecular formula is C17H18FN3O. The van der Waals surface area contributed by atoms with Crippen molar-refractivity contribution in [3.63, 3.8) is 0 Å². The van der Waals surface area contributed by atoms with Crippen molar-refractivity contribution in [3.8, 4) is 11.1 Å². The van der Waals surface area contributed by atoms with Crippen LogP contribution in [0.25, 0.3) is 11.1 Å². The molecule has 1 unspecified atom stereocenters. The SMILES string of the molecule is NC(=O)NCC1CCc2c(cccc2-c2cncc(F)c2)C1. The number of carbonyl (C=O) groups is 1. The zero-order valence-electron chi connectivity index (χ0n) is 12.2. The normalized spacial score (nSPS) is 16.9. The van der Waals surface area contributed by atoms with Crippen LogP contribution < -0.4 is 11.1 Å². The lowest BCUT2D eigenvalue weighted by Crippen LogP contribution is -2.35. The first-order valence-corrected chi connectivity index (χ1v) is 7.38. The number of halogens is 1. The van der Waals surface area contributed by atoms with E-state index in [4.69, 9.17) is 5.73 Å². The molecule has 0 fully saturated rings. The van der Waals surface area contributed by atoms with Gasteiger partial charge in [-0.15, -0.1) is 0 Å². The van der Waals surface area contributed by atoms with Gasteiger partial charge in [-0.25, -0.2) is 9.18 Å². The number of urea groups is 1. The Morgan fingerprint density at radius 1 is 1.41 bits per heavy atom. The third-order valence-corrected chi connectivity index (χ3v) is 4.17. The van der Waals surface area contributed by atoms with E-state index in [9.17, 15) is 9.18 Å². The van der Waals surface area contributed by atoms with Crippen molar-refractivity contribution in [2.24, 2.45) is 11.7 Å². The molecule has 0 bridgehead atoms. The molecule has 1 aliphatic carbocycles. The fourth-order valence-corrected chi connectivity index (χ4v) is 3.13. The van der Waals surface area contributed by atoms with Crippen molar-refractivity contribution in [1.82, 2.24) is 10.3 Å². The fourth-order valence-electron chi connectivity index (χ4n) is 3.13. The minimum atomic E-state index is -0.481. The average Bonchev–Trinajstić information content (AvgIpc) is 2.52. The molecule has 3 rings (SSSR count). The summed E-state index contributed by atoms with van der Waals surface area (Å²) in [6.07, 6.45) is 5.69. The molecule has 2 aromatic rings. The van der Waals surface area contributed by atoms with Crippen LogP contribution in [0.1, 0.15) is 17.5 Å². The van der Waals surface area contributed by atoms with Crippen molar-refractivity contribution in [2.45, 2.75) is 19.3 Å². The van der Waals surface area contributed by atoms with Crippen LogP contribution in [0.15, 0.2) is 36.7 Å². The Morgan fingerprint density at radius 2 is 2.27 bits per heavy atom. The number of amides is 2. The lowest BCUT2D eigenvalue weighted by molar-refractivity contribution is 0.246. The van der Waals surface area contributed by atoms with Crippen molar-refractivity contribution in [3.05, 3.63) is 53.6 Å². The molecule has 4 nitrogen and oxygen atoms in total. The molecule has 0 saturated heterocycles. The van der Waals surface area contributed by atoms with Crippen LogP contribution in [0.3, 0.4) is 0 Å². The number of nitrogens with two attached hydrogens (primary N) is 1. The predicted molar refractivity (Wildman–Crippen MR) is 82.7 cm³/mol. The monoisotopic (exact) mass is 299 g/mol. The lowest BCUT2D eigenvalue weighted by atomic mass is 9.80. The Kier molecular flexibility index (Phi) is 4.04. The third kappa shape index (κ3) is 3.08. The van der Waals surface area contributed by atoms with Gasteiger partial charge in [0.15, 0.2) is 0 Å². The Bertz CT molecular complexity index is 702. The van der Waals surface area contributed by atoms with Gasteiger partial charge in [-0.3, -0.25) is 4.98 Å². The molecule has 1 aromatic carbocycles. The number of carbonyl (C=O) groups excluding carboxylic acids is 1. The quantitative estimate of drug-likeness (QED) is 0.915. The topological polar surface area (TPSA) is 68.0 Å². The molecule has 2 amide bonds. The van der Waals surface area contributed by atoms with Crippen LogP contribution in [-0.2, 0) is 12.8 Å². The number of aromatic nitrogens is 1. The summed E-state index contributed by atoms with van der Waals surface area (Å²) in [6.45, 7) is 0.598. The van der Waals surface area contributed by atoms with E-state index in [-0.39, 0.29) is 5.82 Å². The maximum Gasteiger partial charge on any atom is 0.312 e. The van der Waals surface area contributed by atoms with E-state index in [1.807, 2.05) is 12.1 Å². The summed E-state index contributed by atoms with van der Waals surface area (Å²) in [5, 5.41) is 2.68. The Balaban J connectivity index is 1.86. The average molecular weight is 299 g/mol. The molecule has 1 heterocycles. The summed E-state index contributed by atoms with van der Waals surface area (Å²) in [5.41, 5.74) is 9.49. The number of fused-ring (bicyclic) bond motifs is 1. The van der Waals surface area contributed by atoms with Gasteiger partial charge in [0.2, 0.25) is 0 Å². The molecular weight excluding hydrogens is 281 g/mol. The van der Waals surface area contributed by atoms with Gasteiger partial charge in [0, 0.05) is 18.3 Å². The maximum atomic E-state index is 13.4. The van der Waals surface area contributed by atoms with E-state index >= 15 is 0 Å². The number of nitrogens with one attached hydrogen (secondary N) is 1. The molecule has 0 radical (unpaired) electrons. The highest BCUT2D eigenvalue weighted by molar-refractivity contribution is 5.71. The fraction of sp³-hybridized carbons (Fsp3) is 0.294. The molecule has 0 saturated carbocycles. The minimum absolute atomic E-state index is 0.325. The first-order chi connectivity index (χ1) is 10.6. The lowest BCUT2D eigenvalue weighted by Gasteiger charge is -2.26. The first kappa shape index (κ1) is 14.5. The molecule has 1 atom stereocenters. The van der Waals surface area contributed by atoms with Gasteiger partial charge in [0.1, 0.15) is 5.82 Å². The molecule has 22 heavy (non-hydrogen) atoms. The van der Waals surface area contributed by atoms with Crippen molar-refractivity contribution >= 4 is 6.03 Å². The number of primary amides is 1. The van der Waals surface area contributed by atoms with Gasteiger partial charge in [0.25, 0.3) is 0 Å². The van der Waals surface area contributed by atoms with Crippen LogP contribution in [-0.4, -0.2) is 17.6 Å². The summed E-state index contributed by atoms with van der Waals surface area (Å²) in [6, 6.07) is 7.14. The van der Waals surface area contributed by atoms with E-state index in [2.05, 4.69) is 16.4 Å². The smallest absolute Gasteiger partial charge is 0.312 e. The van der Waals surface area contributed by atoms with Gasteiger partial charge in [-0.05, 0) is 47.9 Å². The number of nitrogens with zero attached hydrogens (tertiary/aromatic N) is 1. The van der Waals surface area contributed by atoms with E-state index in [0.717, 1.165) is 30.4 Å². The number of hydrogen-bond donors (Lipinski definition) is 2. The van der Waals surface area contributed by atoms with Crippen LogP contribution in [0.4, 0.5) is 9.18 Å². The number of rotatable bonds is 3. The second-order valence-electron chi connectivity index (χ2n) is 5.69. The van der Waals surface area contributed by atoms with Gasteiger partial charge in [-0.2, -0.15) is 0 Å². The highest BCUT2D eigenvalue weighted by Crippen LogP contribution is 2.33. The zero-order valence-corrected chi connectivity index (χ0v) is 12.2. The number of benzene rings is 1. The standard InChI is InChI=1S/C17H18FN3O/c18-14-7-13(9-20-10-14)15-3-1-2-12-6-11(4-5-16(12)15)8-21-17(19)22/h1-3,7,9-11H,4-6,8H2,(H3,19,21,22). The van der Waals surface area contributed by atoms with E-state index in [0.29, 0.717) is 12.5 Å². The van der Waals surface area contributed by atoms with Crippen LogP contribution in [0.2, 0.25) is 0 Å². The summed E-state index contributed by atoms with van der Waals surface area (Å²) >= 11 is 0. The second kappa shape index (κ2) is 6.13. The van der Waals surface area contributed by atoms with Crippen molar-refractivity contribution in [2.75, 3.05) is 6.54 Å². The molecule has 5 heteroatoms. The summed E-state index contributed by atoms with van der Waals surface area (Å²) in [5.74, 6) is 0.0651. The largest absolute Gasteiger partial charge is 0.352 e. The molecule has 114 valence electrons. The number of hydrogen-bond acceptors (Lipinski definition) is 2.